The molecule has 1 aliphatic heterocycles. The number of primary amides is 1. The van der Waals surface area contributed by atoms with Gasteiger partial charge in [0.05, 0.1) is 24.7 Å². The van der Waals surface area contributed by atoms with E-state index in [0.717, 1.165) is 0 Å². The van der Waals surface area contributed by atoms with Gasteiger partial charge in [0, 0.05) is 36.7 Å². The van der Waals surface area contributed by atoms with Gasteiger partial charge in [-0.3, -0.25) is 18.7 Å². The van der Waals surface area contributed by atoms with Gasteiger partial charge in [0.2, 0.25) is 11.8 Å². The first-order valence-corrected chi connectivity index (χ1v) is 12.2. The summed E-state index contributed by atoms with van der Waals surface area (Å²) in [5.74, 6) is -0.0652. The largest absolute Gasteiger partial charge is 0.378 e. The smallest absolute Gasteiger partial charge is 0.239 e. The summed E-state index contributed by atoms with van der Waals surface area (Å²) < 4.78 is 25.3. The average Bonchev–Trinajstić information content (AvgIpc) is 2.73. The molecule has 5 N–H and O–H groups in total. The molecule has 11 heteroatoms. The van der Waals surface area contributed by atoms with Crippen molar-refractivity contribution in [1.82, 2.24) is 9.97 Å². The predicted molar refractivity (Wildman–Crippen MR) is 125 cm³/mol. The molecule has 0 aliphatic carbocycles. The minimum Gasteiger partial charge on any atom is -0.378 e. The molecule has 174 valence electrons. The Morgan fingerprint density at radius 3 is 2.38 bits per heavy atom. The van der Waals surface area contributed by atoms with E-state index in [1.165, 1.54) is 20.1 Å². The maximum Gasteiger partial charge on any atom is 0.239 e. The van der Waals surface area contributed by atoms with Gasteiger partial charge in [0.25, 0.3) is 0 Å². The summed E-state index contributed by atoms with van der Waals surface area (Å²) >= 11 is 0. The molecule has 0 atom stereocenters. The molecule has 2 amide bonds. The number of rotatable bonds is 7. The van der Waals surface area contributed by atoms with Gasteiger partial charge in [0.1, 0.15) is 11.2 Å². The number of nitrogens with two attached hydrogens (primary N) is 1. The summed E-state index contributed by atoms with van der Waals surface area (Å²) in [5.41, 5.74) is 5.68. The van der Waals surface area contributed by atoms with Crippen LogP contribution in [0.2, 0.25) is 0 Å². The first-order valence-electron chi connectivity index (χ1n) is 10.1. The number of carbonyl (C=O) groups is 2. The van der Waals surface area contributed by atoms with E-state index < -0.39 is 27.8 Å². The Labute approximate surface area is 188 Å². The molecule has 10 nitrogen and oxygen atoms in total. The molecular formula is C21H29N5O5S. The first kappa shape index (κ1) is 23.9. The molecule has 1 aliphatic rings. The average molecular weight is 464 g/mol. The van der Waals surface area contributed by atoms with Crippen molar-refractivity contribution in [2.24, 2.45) is 11.1 Å². The summed E-state index contributed by atoms with van der Waals surface area (Å²) in [6, 6.07) is 8.63. The highest BCUT2D eigenvalue weighted by Gasteiger charge is 2.34. The number of nitrogens with zero attached hydrogens (tertiary/aromatic N) is 3. The molecule has 0 spiro atoms. The molecule has 0 saturated carbocycles. The molecule has 0 radical (unpaired) electrons. The van der Waals surface area contributed by atoms with Crippen LogP contribution in [-0.2, 0) is 20.1 Å². The lowest BCUT2D eigenvalue weighted by molar-refractivity contribution is -0.136. The van der Waals surface area contributed by atoms with E-state index in [-0.39, 0.29) is 5.75 Å². The summed E-state index contributed by atoms with van der Waals surface area (Å²) in [6.45, 7) is 5.46. The third-order valence-electron chi connectivity index (χ3n) is 5.11. The number of ether oxygens (including phenoxy) is 1. The second-order valence-electron chi connectivity index (χ2n) is 8.30. The van der Waals surface area contributed by atoms with E-state index in [1.54, 1.807) is 30.3 Å². The van der Waals surface area contributed by atoms with Gasteiger partial charge in [-0.2, -0.15) is 10.6 Å². The molecule has 2 aromatic rings. The van der Waals surface area contributed by atoms with E-state index in [2.05, 4.69) is 20.2 Å². The standard InChI is InChI=1S/C21H29N5O5S/c1-21(2,19(22)27)20(28)24-15-6-4-14(5-7-15)18-23-16(13-32(3,29)30)12-17(25-18)26-8-10-31-11-9-26/h4-7,12,29-30H,8-11,13H2,1-3H3,(H2,22,27)(H,24,28). The van der Waals surface area contributed by atoms with Crippen molar-refractivity contribution >= 4 is 33.9 Å². The molecule has 1 aromatic heterocycles. The molecular weight excluding hydrogens is 434 g/mol. The lowest BCUT2D eigenvalue weighted by Gasteiger charge is -2.30. The van der Waals surface area contributed by atoms with Crippen molar-refractivity contribution < 1.29 is 23.4 Å². The Hall–Kier alpha value is -2.73. The summed E-state index contributed by atoms with van der Waals surface area (Å²) in [7, 11) is -2.78. The Morgan fingerprint density at radius 2 is 1.81 bits per heavy atom. The second-order valence-corrected chi connectivity index (χ2v) is 10.6. The topological polar surface area (TPSA) is 151 Å². The monoisotopic (exact) mass is 463 g/mol. The maximum absolute atomic E-state index is 12.3. The number of amides is 2. The fraction of sp³-hybridized carbons (Fsp3) is 0.429. The van der Waals surface area contributed by atoms with Crippen LogP contribution in [0.1, 0.15) is 19.5 Å². The number of aromatic nitrogens is 2. The lowest BCUT2D eigenvalue weighted by atomic mass is 9.91. The van der Waals surface area contributed by atoms with Crippen LogP contribution in [0.15, 0.2) is 30.3 Å². The van der Waals surface area contributed by atoms with Crippen molar-refractivity contribution in [3.05, 3.63) is 36.0 Å². The fourth-order valence-electron chi connectivity index (χ4n) is 3.02. The van der Waals surface area contributed by atoms with Crippen LogP contribution in [0.5, 0.6) is 0 Å². The predicted octanol–water partition coefficient (Wildman–Crippen LogP) is 2.31. The van der Waals surface area contributed by atoms with Gasteiger partial charge in [-0.15, -0.1) is 0 Å². The van der Waals surface area contributed by atoms with Crippen molar-refractivity contribution in [3.63, 3.8) is 0 Å². The van der Waals surface area contributed by atoms with E-state index >= 15 is 0 Å². The van der Waals surface area contributed by atoms with E-state index in [0.29, 0.717) is 54.9 Å². The van der Waals surface area contributed by atoms with E-state index in [4.69, 9.17) is 10.5 Å². The van der Waals surface area contributed by atoms with Gasteiger partial charge in [-0.25, -0.2) is 9.97 Å². The van der Waals surface area contributed by atoms with Crippen molar-refractivity contribution in [1.29, 1.82) is 0 Å². The maximum atomic E-state index is 12.3. The van der Waals surface area contributed by atoms with Crippen molar-refractivity contribution in [3.8, 4) is 11.4 Å². The number of hydrogen-bond donors (Lipinski definition) is 4. The minimum absolute atomic E-state index is 0.0240. The van der Waals surface area contributed by atoms with Gasteiger partial charge < -0.3 is 20.7 Å². The van der Waals surface area contributed by atoms with Crippen LogP contribution in [0.4, 0.5) is 11.5 Å². The normalized spacial score (nSPS) is 15.3. The number of nitrogens with one attached hydrogen (secondary N) is 1. The highest BCUT2D eigenvalue weighted by Crippen LogP contribution is 2.38. The Kier molecular flexibility index (Phi) is 7.03. The Balaban J connectivity index is 1.88. The second kappa shape index (κ2) is 9.41. The third kappa shape index (κ3) is 5.94. The van der Waals surface area contributed by atoms with Crippen LogP contribution in [0.25, 0.3) is 11.4 Å². The molecule has 1 aromatic carbocycles. The SMILES string of the molecule is CC(C)(C(N)=O)C(=O)Nc1ccc(-c2nc(CS(C)(O)O)cc(N3CCOCC3)n2)cc1. The number of hydrogen-bond acceptors (Lipinski definition) is 8. The molecule has 2 heterocycles. The van der Waals surface area contributed by atoms with Gasteiger partial charge in [-0.05, 0) is 38.1 Å². The molecule has 0 unspecified atom stereocenters. The van der Waals surface area contributed by atoms with E-state index in [1.807, 2.05) is 0 Å². The zero-order valence-corrected chi connectivity index (χ0v) is 19.2. The zero-order chi connectivity index (χ0) is 23.5. The quantitative estimate of drug-likeness (QED) is 0.457. The van der Waals surface area contributed by atoms with Gasteiger partial charge in [0.15, 0.2) is 5.82 Å². The first-order chi connectivity index (χ1) is 15.0. The van der Waals surface area contributed by atoms with Crippen molar-refractivity contribution in [2.45, 2.75) is 19.6 Å². The van der Waals surface area contributed by atoms with Crippen LogP contribution >= 0.6 is 10.6 Å². The van der Waals surface area contributed by atoms with Crippen LogP contribution in [0, 0.1) is 5.41 Å². The minimum atomic E-state index is -2.78. The van der Waals surface area contributed by atoms with Crippen LogP contribution in [0.3, 0.4) is 0 Å². The Morgan fingerprint density at radius 1 is 1.19 bits per heavy atom. The lowest BCUT2D eigenvalue weighted by Crippen LogP contribution is -2.42. The molecule has 1 fully saturated rings. The van der Waals surface area contributed by atoms with E-state index in [9.17, 15) is 18.7 Å². The highest BCUT2D eigenvalue weighted by atomic mass is 32.3. The van der Waals surface area contributed by atoms with Gasteiger partial charge in [-0.1, -0.05) is 0 Å². The number of carbonyl (C=O) groups excluding carboxylic acids is 2. The van der Waals surface area contributed by atoms with Gasteiger partial charge >= 0.3 is 0 Å². The summed E-state index contributed by atoms with van der Waals surface area (Å²) in [4.78, 5) is 35.1. The molecule has 1 saturated heterocycles. The number of anilines is 2. The summed E-state index contributed by atoms with van der Waals surface area (Å²) in [6.07, 6.45) is 1.38. The fourth-order valence-corrected chi connectivity index (χ4v) is 3.73. The number of benzene rings is 1. The highest BCUT2D eigenvalue weighted by molar-refractivity contribution is 8.23. The molecule has 3 rings (SSSR count). The summed E-state index contributed by atoms with van der Waals surface area (Å²) in [5, 5.41) is 2.68. The molecule has 32 heavy (non-hydrogen) atoms. The number of morpholine rings is 1. The Bertz CT molecular complexity index is 985. The third-order valence-corrected chi connectivity index (χ3v) is 5.95. The van der Waals surface area contributed by atoms with Crippen molar-refractivity contribution in [2.75, 3.05) is 42.8 Å². The zero-order valence-electron chi connectivity index (χ0n) is 18.4. The van der Waals surface area contributed by atoms with Crippen LogP contribution < -0.4 is 16.0 Å². The van der Waals surface area contributed by atoms with Crippen LogP contribution in [-0.4, -0.2) is 63.4 Å². The molecule has 0 bridgehead atoms.